The fraction of sp³-hybridized carbons (Fsp3) is 0.556. The number of nitrogens with two attached hydrogens (primary N) is 1. The van der Waals surface area contributed by atoms with Gasteiger partial charge in [0.1, 0.15) is 5.82 Å². The highest BCUT2D eigenvalue weighted by atomic mass is 35.5. The van der Waals surface area contributed by atoms with Crippen molar-refractivity contribution in [2.24, 2.45) is 11.7 Å². The molecule has 0 aliphatic rings. The van der Waals surface area contributed by atoms with Gasteiger partial charge in [0, 0.05) is 12.1 Å². The van der Waals surface area contributed by atoms with Crippen LogP contribution in [0.4, 0.5) is 0 Å². The van der Waals surface area contributed by atoms with E-state index in [4.69, 9.17) is 5.73 Å². The average Bonchev–Trinajstić information content (AvgIpc) is 2.96. The lowest BCUT2D eigenvalue weighted by Gasteiger charge is -2.31. The van der Waals surface area contributed by atoms with Crippen molar-refractivity contribution in [1.82, 2.24) is 15.3 Å². The van der Waals surface area contributed by atoms with E-state index < -0.39 is 0 Å². The maximum absolute atomic E-state index is 12.3. The predicted octanol–water partition coefficient (Wildman–Crippen LogP) is 3.66. The molecule has 0 aliphatic heterocycles. The quantitative estimate of drug-likeness (QED) is 0.648. The van der Waals surface area contributed by atoms with Gasteiger partial charge < -0.3 is 16.0 Å². The summed E-state index contributed by atoms with van der Waals surface area (Å²) in [7, 11) is 0. The highest BCUT2D eigenvalue weighted by Gasteiger charge is 2.26. The maximum Gasteiger partial charge on any atom is 0.230 e. The minimum Gasteiger partial charge on any atom is -0.349 e. The van der Waals surface area contributed by atoms with Crippen LogP contribution in [-0.2, 0) is 4.79 Å². The molecule has 0 fully saturated rings. The molecule has 4 N–H and O–H groups in total. The number of halogens is 1. The van der Waals surface area contributed by atoms with E-state index in [1.54, 1.807) is 11.8 Å². The van der Waals surface area contributed by atoms with Crippen LogP contribution in [-0.4, -0.2) is 33.7 Å². The smallest absolute Gasteiger partial charge is 0.230 e. The summed E-state index contributed by atoms with van der Waals surface area (Å²) >= 11 is 1.58. The normalized spacial score (nSPS) is 14.8. The third-order valence-corrected chi connectivity index (χ3v) is 5.16. The number of rotatable bonds is 8. The zero-order valence-corrected chi connectivity index (χ0v) is 17.0. The van der Waals surface area contributed by atoms with Gasteiger partial charge in [0.15, 0.2) is 0 Å². The molecule has 1 aromatic carbocycles. The van der Waals surface area contributed by atoms with E-state index in [0.29, 0.717) is 18.2 Å². The van der Waals surface area contributed by atoms with Gasteiger partial charge in [-0.1, -0.05) is 26.0 Å². The number of aromatic nitrogens is 2. The molecule has 0 radical (unpaired) electrons. The third kappa shape index (κ3) is 6.20. The average molecular weight is 385 g/mol. The zero-order chi connectivity index (χ0) is 17.7. The second-order valence-electron chi connectivity index (χ2n) is 7.00. The van der Waals surface area contributed by atoms with Crippen molar-refractivity contribution in [3.8, 4) is 0 Å². The molecule has 7 heteroatoms. The van der Waals surface area contributed by atoms with Crippen LogP contribution >= 0.6 is 24.2 Å². The van der Waals surface area contributed by atoms with Crippen LogP contribution in [0.25, 0.3) is 11.0 Å². The highest BCUT2D eigenvalue weighted by Crippen LogP contribution is 2.27. The van der Waals surface area contributed by atoms with Crippen molar-refractivity contribution in [3.63, 3.8) is 0 Å². The van der Waals surface area contributed by atoms with Crippen molar-refractivity contribution in [1.29, 1.82) is 0 Å². The molecule has 140 valence electrons. The number of H-pyrrole nitrogens is 1. The molecule has 0 saturated carbocycles. The highest BCUT2D eigenvalue weighted by molar-refractivity contribution is 8.00. The Kier molecular flexibility index (Phi) is 8.25. The van der Waals surface area contributed by atoms with Crippen LogP contribution in [0.2, 0.25) is 0 Å². The Balaban J connectivity index is 0.00000312. The predicted molar refractivity (Wildman–Crippen MR) is 109 cm³/mol. The number of hydrogen-bond acceptors (Lipinski definition) is 4. The van der Waals surface area contributed by atoms with Gasteiger partial charge in [0.25, 0.3) is 0 Å². The monoisotopic (exact) mass is 384 g/mol. The van der Waals surface area contributed by atoms with Gasteiger partial charge in [0.05, 0.1) is 22.0 Å². The van der Waals surface area contributed by atoms with Gasteiger partial charge in [-0.15, -0.1) is 24.2 Å². The first-order valence-corrected chi connectivity index (χ1v) is 9.45. The molecule has 2 unspecified atom stereocenters. The number of carbonyl (C=O) groups is 1. The van der Waals surface area contributed by atoms with E-state index in [-0.39, 0.29) is 29.1 Å². The minimum atomic E-state index is -0.339. The molecule has 1 amide bonds. The molecule has 2 atom stereocenters. The first-order valence-electron chi connectivity index (χ1n) is 8.40. The second kappa shape index (κ2) is 9.46. The van der Waals surface area contributed by atoms with E-state index in [2.05, 4.69) is 36.1 Å². The molecule has 25 heavy (non-hydrogen) atoms. The lowest BCUT2D eigenvalue weighted by Crippen LogP contribution is -2.52. The Bertz CT molecular complexity index is 658. The topological polar surface area (TPSA) is 83.8 Å². The standard InChI is InChI=1S/C18H28N4OS.ClH/c1-12(2)9-18(4,11-19)22-16(23)10-24-13(3)17-20-14-7-5-6-8-15(14)21-17;/h5-8,12-13H,9-11,19H2,1-4H3,(H,20,21)(H,22,23);1H. The number of carbonyl (C=O) groups excluding carboxylic acids is 1. The van der Waals surface area contributed by atoms with Crippen LogP contribution in [0, 0.1) is 5.92 Å². The molecule has 0 saturated heterocycles. The Morgan fingerprint density at radius 2 is 2.04 bits per heavy atom. The van der Waals surface area contributed by atoms with Crippen LogP contribution in [0.1, 0.15) is 45.2 Å². The van der Waals surface area contributed by atoms with Crippen molar-refractivity contribution in [2.45, 2.75) is 44.9 Å². The summed E-state index contributed by atoms with van der Waals surface area (Å²) in [6.07, 6.45) is 0.874. The van der Waals surface area contributed by atoms with E-state index in [0.717, 1.165) is 23.3 Å². The van der Waals surface area contributed by atoms with Crippen molar-refractivity contribution < 1.29 is 4.79 Å². The number of hydrogen-bond donors (Lipinski definition) is 3. The van der Waals surface area contributed by atoms with Gasteiger partial charge >= 0.3 is 0 Å². The van der Waals surface area contributed by atoms with Crippen LogP contribution < -0.4 is 11.1 Å². The Labute approximate surface area is 160 Å². The Morgan fingerprint density at radius 3 is 2.64 bits per heavy atom. The molecule has 5 nitrogen and oxygen atoms in total. The van der Waals surface area contributed by atoms with Gasteiger partial charge in [-0.25, -0.2) is 4.98 Å². The Morgan fingerprint density at radius 1 is 1.36 bits per heavy atom. The second-order valence-corrected chi connectivity index (χ2v) is 8.33. The van der Waals surface area contributed by atoms with E-state index >= 15 is 0 Å². The summed E-state index contributed by atoms with van der Waals surface area (Å²) in [5.74, 6) is 1.81. The summed E-state index contributed by atoms with van der Waals surface area (Å²) < 4.78 is 0. The lowest BCUT2D eigenvalue weighted by atomic mass is 9.91. The number of amides is 1. The third-order valence-electron chi connectivity index (χ3n) is 4.01. The number of nitrogens with zero attached hydrogens (tertiary/aromatic N) is 1. The number of fused-ring (bicyclic) bond motifs is 1. The summed E-state index contributed by atoms with van der Waals surface area (Å²) in [5.41, 5.74) is 7.50. The number of aromatic amines is 1. The molecule has 0 bridgehead atoms. The van der Waals surface area contributed by atoms with Gasteiger partial charge in [0.2, 0.25) is 5.91 Å². The van der Waals surface area contributed by atoms with Crippen molar-refractivity contribution >= 4 is 41.1 Å². The molecular weight excluding hydrogens is 356 g/mol. The van der Waals surface area contributed by atoms with Crippen LogP contribution in [0.3, 0.4) is 0 Å². The van der Waals surface area contributed by atoms with Gasteiger partial charge in [-0.05, 0) is 38.3 Å². The van der Waals surface area contributed by atoms with E-state index in [9.17, 15) is 4.79 Å². The molecular formula is C18H29ClN4OS. The summed E-state index contributed by atoms with van der Waals surface area (Å²) in [4.78, 5) is 20.2. The molecule has 1 aromatic heterocycles. The van der Waals surface area contributed by atoms with Crippen molar-refractivity contribution in [2.75, 3.05) is 12.3 Å². The van der Waals surface area contributed by atoms with E-state index in [1.807, 2.05) is 31.2 Å². The number of nitrogens with one attached hydrogen (secondary N) is 2. The number of thioether (sulfide) groups is 1. The number of imidazole rings is 1. The minimum absolute atomic E-state index is 0. The van der Waals surface area contributed by atoms with Crippen molar-refractivity contribution in [3.05, 3.63) is 30.1 Å². The lowest BCUT2D eigenvalue weighted by molar-refractivity contribution is -0.120. The Hall–Kier alpha value is -1.24. The fourth-order valence-corrected chi connectivity index (χ4v) is 3.65. The molecule has 2 aromatic rings. The van der Waals surface area contributed by atoms with E-state index in [1.165, 1.54) is 0 Å². The molecule has 0 spiro atoms. The first kappa shape index (κ1) is 21.8. The maximum atomic E-state index is 12.3. The zero-order valence-electron chi connectivity index (χ0n) is 15.3. The molecule has 1 heterocycles. The molecule has 2 rings (SSSR count). The van der Waals surface area contributed by atoms with Crippen LogP contribution in [0.15, 0.2) is 24.3 Å². The summed E-state index contributed by atoms with van der Waals surface area (Å²) in [6.45, 7) is 8.79. The van der Waals surface area contributed by atoms with Gasteiger partial charge in [-0.3, -0.25) is 4.79 Å². The first-order chi connectivity index (χ1) is 11.3. The fourth-order valence-electron chi connectivity index (χ4n) is 2.90. The number of benzene rings is 1. The molecule has 0 aliphatic carbocycles. The SMILES string of the molecule is CC(C)CC(C)(CN)NC(=O)CSC(C)c1nc2ccccc2[nH]1.Cl. The summed E-state index contributed by atoms with van der Waals surface area (Å²) in [6, 6.07) is 7.95. The summed E-state index contributed by atoms with van der Waals surface area (Å²) in [5, 5.41) is 3.22. The van der Waals surface area contributed by atoms with Crippen LogP contribution in [0.5, 0.6) is 0 Å². The largest absolute Gasteiger partial charge is 0.349 e. The van der Waals surface area contributed by atoms with Gasteiger partial charge in [-0.2, -0.15) is 0 Å². The number of para-hydroxylation sites is 2.